The minimum atomic E-state index is -0.580. The first-order chi connectivity index (χ1) is 11.5. The van der Waals surface area contributed by atoms with Crippen molar-refractivity contribution in [3.05, 3.63) is 67.1 Å². The molecule has 2 aromatic carbocycles. The minimum Gasteiger partial charge on any atom is -0.320 e. The fourth-order valence-corrected chi connectivity index (χ4v) is 2.68. The van der Waals surface area contributed by atoms with E-state index in [4.69, 9.17) is 11.6 Å². The average molecular weight is 408 g/mol. The number of hydrogen-bond acceptors (Lipinski definition) is 5. The Morgan fingerprint density at radius 1 is 1.25 bits per heavy atom. The summed E-state index contributed by atoms with van der Waals surface area (Å²) < 4.78 is 0.808. The lowest BCUT2D eigenvalue weighted by molar-refractivity contribution is -0.384. The van der Waals surface area contributed by atoms with Crippen LogP contribution in [-0.2, 0) is 4.79 Å². The first kappa shape index (κ1) is 16.3. The zero-order valence-electron chi connectivity index (χ0n) is 11.9. The Morgan fingerprint density at radius 3 is 2.79 bits per heavy atom. The van der Waals surface area contributed by atoms with Gasteiger partial charge in [-0.1, -0.05) is 33.6 Å². The van der Waals surface area contributed by atoms with E-state index in [1.54, 1.807) is 24.3 Å². The summed E-state index contributed by atoms with van der Waals surface area (Å²) in [7, 11) is 0. The Kier molecular flexibility index (Phi) is 4.41. The number of nitrogens with zero attached hydrogens (tertiary/aromatic N) is 3. The number of carbonyl (C=O) groups excluding carboxylic acids is 1. The second-order valence-corrected chi connectivity index (χ2v) is 6.13. The van der Waals surface area contributed by atoms with Crippen LogP contribution >= 0.6 is 27.5 Å². The molecule has 24 heavy (non-hydrogen) atoms. The SMILES string of the molecule is O=C1Nc2ccc(Br)cc2C1=NN=Cc1ccc(Cl)c([N+](=O)[O-])c1. The summed E-state index contributed by atoms with van der Waals surface area (Å²) in [6.07, 6.45) is 1.32. The summed E-state index contributed by atoms with van der Waals surface area (Å²) in [5.41, 5.74) is 1.68. The number of benzene rings is 2. The lowest BCUT2D eigenvalue weighted by Gasteiger charge is -1.97. The molecule has 0 aromatic heterocycles. The van der Waals surface area contributed by atoms with Crippen molar-refractivity contribution in [1.82, 2.24) is 0 Å². The van der Waals surface area contributed by atoms with E-state index in [1.165, 1.54) is 18.3 Å². The van der Waals surface area contributed by atoms with Crippen LogP contribution in [0.2, 0.25) is 5.02 Å². The molecule has 9 heteroatoms. The predicted octanol–water partition coefficient (Wildman–Crippen LogP) is 3.79. The van der Waals surface area contributed by atoms with Gasteiger partial charge in [0, 0.05) is 21.7 Å². The molecule has 1 heterocycles. The topological polar surface area (TPSA) is 97.0 Å². The molecule has 1 amide bonds. The molecule has 0 bridgehead atoms. The van der Waals surface area contributed by atoms with Crippen molar-refractivity contribution in [3.63, 3.8) is 0 Å². The molecular weight excluding hydrogens is 400 g/mol. The average Bonchev–Trinajstić information content (AvgIpc) is 2.84. The van der Waals surface area contributed by atoms with Crippen LogP contribution in [0.1, 0.15) is 11.1 Å². The van der Waals surface area contributed by atoms with E-state index < -0.39 is 4.92 Å². The second kappa shape index (κ2) is 6.50. The van der Waals surface area contributed by atoms with Gasteiger partial charge in [-0.05, 0) is 24.3 Å². The summed E-state index contributed by atoms with van der Waals surface area (Å²) in [5.74, 6) is -0.359. The molecule has 3 rings (SSSR count). The van der Waals surface area contributed by atoms with Gasteiger partial charge in [-0.3, -0.25) is 14.9 Å². The Labute approximate surface area is 149 Å². The van der Waals surface area contributed by atoms with Crippen LogP contribution in [0.4, 0.5) is 11.4 Å². The fraction of sp³-hybridized carbons (Fsp3) is 0. The van der Waals surface area contributed by atoms with Gasteiger partial charge in [0.25, 0.3) is 11.6 Å². The molecule has 2 aromatic rings. The van der Waals surface area contributed by atoms with Gasteiger partial charge in [-0.25, -0.2) is 0 Å². The van der Waals surface area contributed by atoms with Crippen LogP contribution in [0.5, 0.6) is 0 Å². The molecule has 7 nitrogen and oxygen atoms in total. The highest BCUT2D eigenvalue weighted by Crippen LogP contribution is 2.27. The molecule has 0 fully saturated rings. The first-order valence-electron chi connectivity index (χ1n) is 6.62. The maximum Gasteiger partial charge on any atom is 0.288 e. The summed E-state index contributed by atoms with van der Waals surface area (Å²) in [4.78, 5) is 22.2. The van der Waals surface area contributed by atoms with Crippen LogP contribution in [0.25, 0.3) is 0 Å². The zero-order valence-corrected chi connectivity index (χ0v) is 14.2. The first-order valence-corrected chi connectivity index (χ1v) is 7.79. The van der Waals surface area contributed by atoms with Crippen molar-refractivity contribution < 1.29 is 9.72 Å². The number of anilines is 1. The fourth-order valence-electron chi connectivity index (χ4n) is 2.13. The highest BCUT2D eigenvalue weighted by Gasteiger charge is 2.26. The van der Waals surface area contributed by atoms with Gasteiger partial charge in [0.05, 0.1) is 16.8 Å². The molecule has 0 saturated heterocycles. The van der Waals surface area contributed by atoms with Gasteiger partial charge in [0.1, 0.15) is 5.02 Å². The summed E-state index contributed by atoms with van der Waals surface area (Å²) in [6, 6.07) is 9.57. The van der Waals surface area contributed by atoms with Crippen molar-refractivity contribution >= 4 is 56.7 Å². The van der Waals surface area contributed by atoms with Crippen molar-refractivity contribution in [2.75, 3.05) is 5.32 Å². The van der Waals surface area contributed by atoms with Crippen molar-refractivity contribution in [1.29, 1.82) is 0 Å². The summed E-state index contributed by atoms with van der Waals surface area (Å²) in [6.45, 7) is 0. The van der Waals surface area contributed by atoms with Crippen molar-refractivity contribution in [2.45, 2.75) is 0 Å². The van der Waals surface area contributed by atoms with Gasteiger partial charge in [-0.15, -0.1) is 5.10 Å². The number of hydrogen-bond donors (Lipinski definition) is 1. The highest BCUT2D eigenvalue weighted by molar-refractivity contribution is 9.10. The van der Waals surface area contributed by atoms with Crippen molar-refractivity contribution in [3.8, 4) is 0 Å². The second-order valence-electron chi connectivity index (χ2n) is 4.81. The third kappa shape index (κ3) is 3.19. The molecule has 0 atom stereocenters. The monoisotopic (exact) mass is 406 g/mol. The van der Waals surface area contributed by atoms with Gasteiger partial charge in [-0.2, -0.15) is 5.10 Å². The number of amides is 1. The number of carbonyl (C=O) groups is 1. The molecule has 1 N–H and O–H groups in total. The zero-order chi connectivity index (χ0) is 17.3. The maximum atomic E-state index is 11.9. The van der Waals surface area contributed by atoms with Gasteiger partial charge >= 0.3 is 0 Å². The normalized spacial score (nSPS) is 14.9. The van der Waals surface area contributed by atoms with E-state index in [0.717, 1.165) is 4.47 Å². The van der Waals surface area contributed by atoms with Gasteiger partial charge in [0.2, 0.25) is 0 Å². The van der Waals surface area contributed by atoms with Crippen LogP contribution in [0.15, 0.2) is 51.1 Å². The molecule has 1 aliphatic rings. The Bertz CT molecular complexity index is 927. The quantitative estimate of drug-likeness (QED) is 0.476. The van der Waals surface area contributed by atoms with Crippen LogP contribution in [0, 0.1) is 10.1 Å². The molecule has 0 aliphatic carbocycles. The molecule has 0 unspecified atom stereocenters. The lowest BCUT2D eigenvalue weighted by Crippen LogP contribution is -2.13. The molecule has 0 saturated carbocycles. The van der Waals surface area contributed by atoms with Crippen LogP contribution in [-0.4, -0.2) is 22.8 Å². The van der Waals surface area contributed by atoms with E-state index in [2.05, 4.69) is 31.4 Å². The number of halogens is 2. The van der Waals surface area contributed by atoms with E-state index >= 15 is 0 Å². The molecule has 0 radical (unpaired) electrons. The predicted molar refractivity (Wildman–Crippen MR) is 95.0 cm³/mol. The molecule has 0 spiro atoms. The van der Waals surface area contributed by atoms with Crippen LogP contribution < -0.4 is 5.32 Å². The number of fused-ring (bicyclic) bond motifs is 1. The number of nitro groups is 1. The van der Waals surface area contributed by atoms with Crippen LogP contribution in [0.3, 0.4) is 0 Å². The maximum absolute atomic E-state index is 11.9. The number of nitrogens with one attached hydrogen (secondary N) is 1. The third-order valence-corrected chi connectivity index (χ3v) is 4.04. The third-order valence-electron chi connectivity index (χ3n) is 3.23. The summed E-state index contributed by atoms with van der Waals surface area (Å²) in [5, 5.41) is 21.4. The lowest BCUT2D eigenvalue weighted by atomic mass is 10.1. The van der Waals surface area contributed by atoms with E-state index in [9.17, 15) is 14.9 Å². The smallest absolute Gasteiger partial charge is 0.288 e. The standard InChI is InChI=1S/C15H8BrClN4O3/c16-9-2-4-12-10(6-9)14(15(22)19-12)20-18-7-8-1-3-11(17)13(5-8)21(23)24/h1-7H,(H,19,20,22). The molecule has 120 valence electrons. The highest BCUT2D eigenvalue weighted by atomic mass is 79.9. The van der Waals surface area contributed by atoms with E-state index in [0.29, 0.717) is 16.8 Å². The van der Waals surface area contributed by atoms with Crippen molar-refractivity contribution in [2.24, 2.45) is 10.2 Å². The van der Waals surface area contributed by atoms with Gasteiger partial charge in [0.15, 0.2) is 5.71 Å². The molecule has 1 aliphatic heterocycles. The number of rotatable bonds is 3. The van der Waals surface area contributed by atoms with E-state index in [1.807, 2.05) is 0 Å². The van der Waals surface area contributed by atoms with E-state index in [-0.39, 0.29) is 22.3 Å². The Balaban J connectivity index is 1.90. The number of nitro benzene ring substituents is 1. The minimum absolute atomic E-state index is 0.0393. The summed E-state index contributed by atoms with van der Waals surface area (Å²) >= 11 is 9.08. The largest absolute Gasteiger partial charge is 0.320 e. The van der Waals surface area contributed by atoms with Gasteiger partial charge < -0.3 is 5.32 Å². The Morgan fingerprint density at radius 2 is 2.04 bits per heavy atom. The Hall–Kier alpha value is -2.58. The molecular formula is C15H8BrClN4O3.